The number of esters is 1. The Morgan fingerprint density at radius 2 is 0.550 bits per heavy atom. The van der Waals surface area contributed by atoms with E-state index in [2.05, 4.69) is 114 Å². The molecule has 0 aromatic heterocycles. The summed E-state index contributed by atoms with van der Waals surface area (Å²) in [4.78, 5) is 34.9. The lowest BCUT2D eigenvalue weighted by molar-refractivity contribution is -0.278. The van der Waals surface area contributed by atoms with Crippen molar-refractivity contribution < 1.29 is 29.6 Å². The molecule has 8 nitrogen and oxygen atoms in total. The van der Waals surface area contributed by atoms with Crippen LogP contribution in [0.2, 0.25) is 0 Å². The molecule has 0 amide bonds. The molecule has 8 heteroatoms. The van der Waals surface area contributed by atoms with Crippen LogP contribution in [-0.2, 0) is 14.3 Å². The number of aliphatic hydroxyl groups is 2. The van der Waals surface area contributed by atoms with Gasteiger partial charge in [-0.1, -0.05) is 463 Å². The van der Waals surface area contributed by atoms with E-state index in [4.69, 9.17) is 4.74 Å². The Balaban J connectivity index is 9.29. The van der Waals surface area contributed by atoms with Gasteiger partial charge in [-0.3, -0.25) is 19.4 Å². The largest absolute Gasteiger partial charge is 0.481 e. The molecular formula is C101H202N2O6. The highest BCUT2D eigenvalue weighted by Crippen LogP contribution is 2.77. The molecule has 0 radical (unpaired) electrons. The van der Waals surface area contributed by atoms with E-state index in [-0.39, 0.29) is 48.3 Å². The Hall–Kier alpha value is -1.22. The van der Waals surface area contributed by atoms with Gasteiger partial charge in [0.1, 0.15) is 0 Å². The van der Waals surface area contributed by atoms with Gasteiger partial charge in [0.05, 0.1) is 25.2 Å². The van der Waals surface area contributed by atoms with Crippen LogP contribution >= 0.6 is 0 Å². The molecule has 0 heterocycles. The van der Waals surface area contributed by atoms with Crippen LogP contribution in [0.4, 0.5) is 0 Å². The minimum absolute atomic E-state index is 0.0172. The number of nitrogens with zero attached hydrogens (tertiary/aromatic N) is 2. The van der Waals surface area contributed by atoms with Crippen LogP contribution < -0.4 is 0 Å². The molecule has 8 atom stereocenters. The van der Waals surface area contributed by atoms with Crippen molar-refractivity contribution in [1.82, 2.24) is 9.80 Å². The predicted molar refractivity (Wildman–Crippen MR) is 481 cm³/mol. The van der Waals surface area contributed by atoms with Crippen LogP contribution in [0.3, 0.4) is 0 Å². The van der Waals surface area contributed by atoms with Gasteiger partial charge in [0.25, 0.3) is 0 Å². The van der Waals surface area contributed by atoms with Crippen LogP contribution in [-0.4, -0.2) is 96.1 Å². The fourth-order valence-corrected chi connectivity index (χ4v) is 22.2. The predicted octanol–water partition coefficient (Wildman–Crippen LogP) is 31.4. The van der Waals surface area contributed by atoms with Gasteiger partial charge in [-0.25, -0.2) is 0 Å². The third kappa shape index (κ3) is 44.8. The Morgan fingerprint density at radius 1 is 0.284 bits per heavy atom. The minimum Gasteiger partial charge on any atom is -0.481 e. The Morgan fingerprint density at radius 3 is 0.872 bits per heavy atom. The standard InChI is InChI=1S/C101H202N2O6/c1-16-24-32-40-48-59-69-88-109-97(106)79-67-57-49-58-68-80-102(84-86-104)82-83-103(85-87-105)81-70-78-96(89(9)71-60-50-41-33-25-17-2)99(90(10)72-61-51-42-34-26-18-3,91(11)73-62-52-43-35-27-19-4)101(94(14)76-65-55-46-38-30-22-7,95(15)77-66-56-47-39-31-23-8)100(98(107)108,92(12)74-63-53-44-36-28-20-5)93(13)75-64-54-45-37-29-21-6/h89-96,104-105H,16-88H2,1-15H3,(H,107,108). The first-order valence-electron chi connectivity index (χ1n) is 50.1. The molecule has 0 aliphatic heterocycles. The highest BCUT2D eigenvalue weighted by molar-refractivity contribution is 5.77. The van der Waals surface area contributed by atoms with Crippen LogP contribution in [0.5, 0.6) is 0 Å². The van der Waals surface area contributed by atoms with Gasteiger partial charge in [-0.05, 0) is 116 Å². The monoisotopic (exact) mass is 1540 g/mol. The lowest BCUT2D eigenvalue weighted by atomic mass is 9.29. The van der Waals surface area contributed by atoms with Gasteiger partial charge in [0, 0.05) is 32.6 Å². The van der Waals surface area contributed by atoms with E-state index in [0.717, 1.165) is 122 Å². The summed E-state index contributed by atoms with van der Waals surface area (Å²) in [6.45, 7) is 43.6. The van der Waals surface area contributed by atoms with Gasteiger partial charge < -0.3 is 20.1 Å². The van der Waals surface area contributed by atoms with Gasteiger partial charge in [-0.15, -0.1) is 0 Å². The Bertz CT molecular complexity index is 1860. The number of ether oxygens (including phenoxy) is 1. The number of carboxylic acids is 1. The zero-order valence-corrected chi connectivity index (χ0v) is 77.2. The second kappa shape index (κ2) is 74.3. The molecule has 3 N–H and O–H groups in total. The van der Waals surface area contributed by atoms with E-state index in [9.17, 15) is 20.1 Å². The topological polar surface area (TPSA) is 111 Å². The number of aliphatic hydroxyl groups excluding tert-OH is 2. The number of carboxylic acid groups (broad SMARTS) is 1. The molecule has 0 saturated heterocycles. The SMILES string of the molecule is CCCCCCCCCOC(=O)CCCCCCCN(CCO)CCN(CCO)CCCC(C(C)CCCCCCCC)C(C(C)CCCCCCCC)(C(C)CCCCCCCC)C(C(C)CCCCCCCC)(C(C)CCCCCCCC)C(C(=O)O)(C(C)CCCCCCCC)C(C)CCCCCCCC. The summed E-state index contributed by atoms with van der Waals surface area (Å²) in [6, 6.07) is 0. The number of carbonyl (C=O) groups excluding carboxylic acids is 1. The highest BCUT2D eigenvalue weighted by Gasteiger charge is 2.75. The van der Waals surface area contributed by atoms with E-state index in [1.807, 2.05) is 0 Å². The third-order valence-corrected chi connectivity index (χ3v) is 28.2. The van der Waals surface area contributed by atoms with Gasteiger partial charge in [0.2, 0.25) is 0 Å². The molecule has 8 unspecified atom stereocenters. The van der Waals surface area contributed by atoms with Crippen LogP contribution in [0.1, 0.15) is 515 Å². The second-order valence-electron chi connectivity index (χ2n) is 37.0. The molecule has 0 spiro atoms. The van der Waals surface area contributed by atoms with Crippen LogP contribution in [0.25, 0.3) is 0 Å². The molecule has 0 bridgehead atoms. The van der Waals surface area contributed by atoms with E-state index in [1.165, 1.54) is 308 Å². The molecule has 0 saturated carbocycles. The number of carbonyl (C=O) groups is 2. The summed E-state index contributed by atoms with van der Waals surface area (Å²) >= 11 is 0. The Labute approximate surface area is 685 Å². The average molecular weight is 1540 g/mol. The quantitative estimate of drug-likeness (QED) is 0.0408. The normalized spacial score (nSPS) is 16.1. The average Bonchev–Trinajstić information content (AvgIpc) is 0.668. The number of unbranched alkanes of at least 4 members (excludes halogenated alkanes) is 45. The molecule has 652 valence electrons. The fraction of sp³-hybridized carbons (Fsp3) is 0.980. The first-order valence-corrected chi connectivity index (χ1v) is 50.1. The van der Waals surface area contributed by atoms with Gasteiger partial charge >= 0.3 is 11.9 Å². The highest BCUT2D eigenvalue weighted by atomic mass is 16.5. The maximum Gasteiger partial charge on any atom is 0.310 e. The van der Waals surface area contributed by atoms with Crippen molar-refractivity contribution in [3.63, 3.8) is 0 Å². The van der Waals surface area contributed by atoms with Crippen molar-refractivity contribution >= 4 is 11.9 Å². The zero-order chi connectivity index (χ0) is 80.8. The molecule has 0 aliphatic rings. The van der Waals surface area contributed by atoms with E-state index < -0.39 is 16.8 Å². The molecule has 0 rings (SSSR count). The summed E-state index contributed by atoms with van der Waals surface area (Å²) in [7, 11) is 0. The van der Waals surface area contributed by atoms with Crippen molar-refractivity contribution in [1.29, 1.82) is 0 Å². The number of hydrogen-bond acceptors (Lipinski definition) is 7. The number of rotatable bonds is 87. The van der Waals surface area contributed by atoms with Crippen molar-refractivity contribution in [3.8, 4) is 0 Å². The van der Waals surface area contributed by atoms with E-state index >= 15 is 4.79 Å². The zero-order valence-electron chi connectivity index (χ0n) is 77.2. The molecule has 0 aliphatic carbocycles. The van der Waals surface area contributed by atoms with Gasteiger partial charge in [-0.2, -0.15) is 0 Å². The summed E-state index contributed by atoms with van der Waals surface area (Å²) in [5.41, 5.74) is -1.80. The summed E-state index contributed by atoms with van der Waals surface area (Å²) in [5.74, 6) is 1.40. The molecule has 0 fully saturated rings. The fourth-order valence-electron chi connectivity index (χ4n) is 22.2. The lowest BCUT2D eigenvalue weighted by Crippen LogP contribution is -2.73. The molecule has 109 heavy (non-hydrogen) atoms. The first-order chi connectivity index (χ1) is 53.0. The molecular weight excluding hydrogens is 1340 g/mol. The second-order valence-corrected chi connectivity index (χ2v) is 37.0. The molecule has 0 aromatic carbocycles. The summed E-state index contributed by atoms with van der Waals surface area (Å²) in [6.07, 6.45) is 77.2. The minimum atomic E-state index is -0.967. The smallest absolute Gasteiger partial charge is 0.310 e. The van der Waals surface area contributed by atoms with Crippen molar-refractivity contribution in [3.05, 3.63) is 0 Å². The van der Waals surface area contributed by atoms with Gasteiger partial charge in [0.15, 0.2) is 0 Å². The van der Waals surface area contributed by atoms with E-state index in [0.29, 0.717) is 49.8 Å². The first kappa shape index (κ1) is 108. The maximum absolute atomic E-state index is 17.2. The van der Waals surface area contributed by atoms with Crippen LogP contribution in [0, 0.1) is 63.6 Å². The maximum atomic E-state index is 17.2. The third-order valence-electron chi connectivity index (χ3n) is 28.2. The lowest BCUT2D eigenvalue weighted by Gasteiger charge is -2.74. The number of aliphatic carboxylic acids is 1. The van der Waals surface area contributed by atoms with Crippen molar-refractivity contribution in [2.75, 3.05) is 59.1 Å². The Kier molecular flexibility index (Phi) is 73.5. The van der Waals surface area contributed by atoms with Crippen LogP contribution in [0.15, 0.2) is 0 Å². The summed E-state index contributed by atoms with van der Waals surface area (Å²) < 4.78 is 5.62. The van der Waals surface area contributed by atoms with E-state index in [1.54, 1.807) is 0 Å². The number of hydrogen-bond donors (Lipinski definition) is 3. The summed E-state index contributed by atoms with van der Waals surface area (Å²) in [5, 5.41) is 35.8. The van der Waals surface area contributed by atoms with Crippen molar-refractivity contribution in [2.24, 2.45) is 63.6 Å². The van der Waals surface area contributed by atoms with Crippen molar-refractivity contribution in [2.45, 2.75) is 515 Å². The molecule has 0 aromatic rings.